The molecule has 0 amide bonds. The number of benzene rings is 1. The molecule has 0 bridgehead atoms. The molecule has 0 heterocycles. The first-order valence-corrected chi connectivity index (χ1v) is 6.05. The van der Waals surface area contributed by atoms with Crippen molar-refractivity contribution in [1.82, 2.24) is 0 Å². The van der Waals surface area contributed by atoms with E-state index in [0.717, 1.165) is 17.7 Å². The molecule has 1 aromatic carbocycles. The third kappa shape index (κ3) is 2.99. The summed E-state index contributed by atoms with van der Waals surface area (Å²) < 4.78 is 5.71. The lowest BCUT2D eigenvalue weighted by Crippen LogP contribution is -2.14. The van der Waals surface area contributed by atoms with Gasteiger partial charge in [-0.3, -0.25) is 0 Å². The van der Waals surface area contributed by atoms with Gasteiger partial charge >= 0.3 is 0 Å². The van der Waals surface area contributed by atoms with Gasteiger partial charge in [-0.15, -0.1) is 0 Å². The topological polar surface area (TPSA) is 29.5 Å². The molecule has 1 unspecified atom stereocenters. The Morgan fingerprint density at radius 3 is 2.81 bits per heavy atom. The van der Waals surface area contributed by atoms with Gasteiger partial charge in [-0.25, -0.2) is 0 Å². The largest absolute Gasteiger partial charge is 0.493 e. The highest BCUT2D eigenvalue weighted by Gasteiger charge is 2.29. The molecule has 88 valence electrons. The maximum absolute atomic E-state index is 9.71. The van der Waals surface area contributed by atoms with Crippen molar-refractivity contribution in [2.75, 3.05) is 6.61 Å². The lowest BCUT2D eigenvalue weighted by atomic mass is 10.1. The second-order valence-electron chi connectivity index (χ2n) is 4.81. The first-order valence-electron chi connectivity index (χ1n) is 6.05. The highest BCUT2D eigenvalue weighted by atomic mass is 16.5. The minimum Gasteiger partial charge on any atom is -0.493 e. The molecule has 1 saturated carbocycles. The predicted molar refractivity (Wildman–Crippen MR) is 64.8 cm³/mol. The molecule has 0 radical (unpaired) electrons. The van der Waals surface area contributed by atoms with E-state index in [1.165, 1.54) is 18.4 Å². The Labute approximate surface area is 97.3 Å². The van der Waals surface area contributed by atoms with Gasteiger partial charge < -0.3 is 9.84 Å². The van der Waals surface area contributed by atoms with Crippen molar-refractivity contribution in [2.24, 2.45) is 5.92 Å². The zero-order valence-electron chi connectivity index (χ0n) is 10.1. The summed E-state index contributed by atoms with van der Waals surface area (Å²) in [6, 6.07) is 6.21. The Kier molecular flexibility index (Phi) is 3.49. The van der Waals surface area contributed by atoms with Gasteiger partial charge in [0, 0.05) is 6.42 Å². The van der Waals surface area contributed by atoms with E-state index in [2.05, 4.69) is 25.1 Å². The zero-order valence-corrected chi connectivity index (χ0v) is 10.1. The zero-order chi connectivity index (χ0) is 11.5. The number of hydrogen-bond donors (Lipinski definition) is 1. The summed E-state index contributed by atoms with van der Waals surface area (Å²) in [5.74, 6) is 1.49. The van der Waals surface area contributed by atoms with Gasteiger partial charge in [-0.05, 0) is 49.8 Å². The van der Waals surface area contributed by atoms with E-state index >= 15 is 0 Å². The molecule has 0 aliphatic heterocycles. The summed E-state index contributed by atoms with van der Waals surface area (Å²) in [4.78, 5) is 0. The van der Waals surface area contributed by atoms with Crippen molar-refractivity contribution >= 4 is 0 Å². The third-order valence-corrected chi connectivity index (χ3v) is 3.18. The van der Waals surface area contributed by atoms with Gasteiger partial charge in [0.25, 0.3) is 0 Å². The quantitative estimate of drug-likeness (QED) is 0.826. The van der Waals surface area contributed by atoms with Gasteiger partial charge in [0.15, 0.2) is 0 Å². The van der Waals surface area contributed by atoms with E-state index in [4.69, 9.17) is 4.74 Å². The predicted octanol–water partition coefficient (Wildman–Crippen LogP) is 2.84. The second-order valence-corrected chi connectivity index (χ2v) is 4.81. The summed E-state index contributed by atoms with van der Waals surface area (Å²) in [5.41, 5.74) is 2.37. The monoisotopic (exact) mass is 220 g/mol. The van der Waals surface area contributed by atoms with Crippen LogP contribution in [0.3, 0.4) is 0 Å². The van der Waals surface area contributed by atoms with Gasteiger partial charge in [0.1, 0.15) is 5.75 Å². The highest BCUT2D eigenvalue weighted by Crippen LogP contribution is 2.33. The van der Waals surface area contributed by atoms with Gasteiger partial charge in [0.2, 0.25) is 0 Å². The van der Waals surface area contributed by atoms with E-state index in [0.29, 0.717) is 12.5 Å². The molecule has 1 atom stereocenters. The Balaban J connectivity index is 1.81. The van der Waals surface area contributed by atoms with Crippen molar-refractivity contribution in [3.05, 3.63) is 29.3 Å². The summed E-state index contributed by atoms with van der Waals surface area (Å²) in [5, 5.41) is 9.71. The molecule has 2 nitrogen and oxygen atoms in total. The molecular weight excluding hydrogens is 200 g/mol. The molecule has 1 aliphatic rings. The fourth-order valence-electron chi connectivity index (χ4n) is 1.87. The minimum absolute atomic E-state index is 0.162. The van der Waals surface area contributed by atoms with Crippen LogP contribution in [0.4, 0.5) is 0 Å². The van der Waals surface area contributed by atoms with E-state index in [1.807, 2.05) is 6.92 Å². The molecule has 0 saturated heterocycles. The SMILES string of the molecule is Cc1ccc(C)c(OCCC(O)C2CC2)c1. The summed E-state index contributed by atoms with van der Waals surface area (Å²) in [7, 11) is 0. The number of aliphatic hydroxyl groups is 1. The number of rotatable bonds is 5. The Hall–Kier alpha value is -1.02. The average Bonchev–Trinajstić information content (AvgIpc) is 3.06. The van der Waals surface area contributed by atoms with Crippen LogP contribution in [0.2, 0.25) is 0 Å². The van der Waals surface area contributed by atoms with Crippen molar-refractivity contribution in [2.45, 2.75) is 39.2 Å². The van der Waals surface area contributed by atoms with Crippen LogP contribution in [0.5, 0.6) is 5.75 Å². The van der Waals surface area contributed by atoms with Crippen LogP contribution in [0.1, 0.15) is 30.4 Å². The van der Waals surface area contributed by atoms with Crippen molar-refractivity contribution in [1.29, 1.82) is 0 Å². The van der Waals surface area contributed by atoms with Crippen molar-refractivity contribution in [3.63, 3.8) is 0 Å². The molecule has 1 fully saturated rings. The summed E-state index contributed by atoms with van der Waals surface area (Å²) in [6.07, 6.45) is 2.96. The fraction of sp³-hybridized carbons (Fsp3) is 0.571. The van der Waals surface area contributed by atoms with E-state index < -0.39 is 0 Å². The van der Waals surface area contributed by atoms with Gasteiger partial charge in [-0.2, -0.15) is 0 Å². The molecule has 0 aromatic heterocycles. The smallest absolute Gasteiger partial charge is 0.122 e. The average molecular weight is 220 g/mol. The number of hydrogen-bond acceptors (Lipinski definition) is 2. The molecule has 2 rings (SSSR count). The molecule has 16 heavy (non-hydrogen) atoms. The number of aliphatic hydroxyl groups excluding tert-OH is 1. The van der Waals surface area contributed by atoms with Crippen LogP contribution in [-0.4, -0.2) is 17.8 Å². The van der Waals surface area contributed by atoms with E-state index in [1.54, 1.807) is 0 Å². The van der Waals surface area contributed by atoms with Gasteiger partial charge in [-0.1, -0.05) is 12.1 Å². The first-order chi connectivity index (χ1) is 7.66. The molecule has 1 aliphatic carbocycles. The molecule has 1 aromatic rings. The van der Waals surface area contributed by atoms with Gasteiger partial charge in [0.05, 0.1) is 12.7 Å². The molecule has 2 heteroatoms. The van der Waals surface area contributed by atoms with E-state index in [-0.39, 0.29) is 6.10 Å². The maximum Gasteiger partial charge on any atom is 0.122 e. The normalized spacial score (nSPS) is 17.2. The Morgan fingerprint density at radius 2 is 2.12 bits per heavy atom. The molecular formula is C14H20O2. The first kappa shape index (κ1) is 11.5. The van der Waals surface area contributed by atoms with Crippen LogP contribution < -0.4 is 4.74 Å². The van der Waals surface area contributed by atoms with Crippen LogP contribution in [0.15, 0.2) is 18.2 Å². The van der Waals surface area contributed by atoms with Crippen molar-refractivity contribution < 1.29 is 9.84 Å². The van der Waals surface area contributed by atoms with Crippen LogP contribution in [0, 0.1) is 19.8 Å². The molecule has 0 spiro atoms. The van der Waals surface area contributed by atoms with Crippen LogP contribution >= 0.6 is 0 Å². The maximum atomic E-state index is 9.71. The van der Waals surface area contributed by atoms with E-state index in [9.17, 15) is 5.11 Å². The number of ether oxygens (including phenoxy) is 1. The lowest BCUT2D eigenvalue weighted by Gasteiger charge is -2.12. The highest BCUT2D eigenvalue weighted by molar-refractivity contribution is 5.35. The minimum atomic E-state index is -0.162. The summed E-state index contributed by atoms with van der Waals surface area (Å²) in [6.45, 7) is 4.72. The van der Waals surface area contributed by atoms with Crippen LogP contribution in [-0.2, 0) is 0 Å². The molecule has 1 N–H and O–H groups in total. The Bertz CT molecular complexity index is 356. The number of aryl methyl sites for hydroxylation is 2. The summed E-state index contributed by atoms with van der Waals surface area (Å²) >= 11 is 0. The Morgan fingerprint density at radius 1 is 1.38 bits per heavy atom. The van der Waals surface area contributed by atoms with Crippen LogP contribution in [0.25, 0.3) is 0 Å². The third-order valence-electron chi connectivity index (χ3n) is 3.18. The lowest BCUT2D eigenvalue weighted by molar-refractivity contribution is 0.119. The second kappa shape index (κ2) is 4.88. The standard InChI is InChI=1S/C14H20O2/c1-10-3-4-11(2)14(9-10)16-8-7-13(15)12-5-6-12/h3-4,9,12-13,15H,5-8H2,1-2H3. The van der Waals surface area contributed by atoms with Crippen molar-refractivity contribution in [3.8, 4) is 5.75 Å². The fourth-order valence-corrected chi connectivity index (χ4v) is 1.87.